The second-order valence-corrected chi connectivity index (χ2v) is 9.95. The maximum absolute atomic E-state index is 12.3. The van der Waals surface area contributed by atoms with Crippen LogP contribution in [0.2, 0.25) is 15.1 Å². The van der Waals surface area contributed by atoms with Gasteiger partial charge in [-0.15, -0.1) is 0 Å². The van der Waals surface area contributed by atoms with Gasteiger partial charge in [-0.1, -0.05) is 40.9 Å². The SMILES string of the molecule is CC(Nc1nc(C2CCN(C(=O)OC(C)(C)C)CC2)ncc1Cl)c1ccc(Cl)cc1Cl. The van der Waals surface area contributed by atoms with Gasteiger partial charge in [-0.05, 0) is 58.2 Å². The zero-order valence-corrected chi connectivity index (χ0v) is 20.4. The molecule has 0 saturated carbocycles. The molecule has 1 N–H and O–H groups in total. The zero-order valence-electron chi connectivity index (χ0n) is 18.1. The lowest BCUT2D eigenvalue weighted by Crippen LogP contribution is -2.41. The highest BCUT2D eigenvalue weighted by Crippen LogP contribution is 2.32. The van der Waals surface area contributed by atoms with Crippen molar-refractivity contribution < 1.29 is 9.53 Å². The van der Waals surface area contributed by atoms with Crippen LogP contribution in [0.4, 0.5) is 10.6 Å². The molecule has 0 bridgehead atoms. The standard InChI is InChI=1S/C22H27Cl3N4O2/c1-13(16-6-5-15(23)11-17(16)24)27-20-18(25)12-26-19(28-20)14-7-9-29(10-8-14)21(30)31-22(2,3)4/h5-6,11-14H,7-10H2,1-4H3,(H,26,27,28). The van der Waals surface area contributed by atoms with Gasteiger partial charge in [-0.25, -0.2) is 14.8 Å². The van der Waals surface area contributed by atoms with Crippen molar-refractivity contribution in [3.8, 4) is 0 Å². The molecule has 2 aromatic rings. The third-order valence-corrected chi connectivity index (χ3v) is 5.90. The average Bonchev–Trinajstić information content (AvgIpc) is 2.68. The number of ether oxygens (including phenoxy) is 1. The third-order valence-electron chi connectivity index (χ3n) is 5.06. The van der Waals surface area contributed by atoms with Crippen molar-refractivity contribution in [3.05, 3.63) is 50.9 Å². The van der Waals surface area contributed by atoms with Crippen LogP contribution >= 0.6 is 34.8 Å². The number of likely N-dealkylation sites (tertiary alicyclic amines) is 1. The molecule has 1 aliphatic rings. The van der Waals surface area contributed by atoms with Gasteiger partial charge in [0.05, 0.1) is 12.2 Å². The van der Waals surface area contributed by atoms with Gasteiger partial charge in [-0.2, -0.15) is 0 Å². The lowest BCUT2D eigenvalue weighted by atomic mass is 9.96. The van der Waals surface area contributed by atoms with Gasteiger partial charge in [0.1, 0.15) is 22.3 Å². The maximum atomic E-state index is 12.3. The van der Waals surface area contributed by atoms with Crippen LogP contribution in [0.25, 0.3) is 0 Å². The van der Waals surface area contributed by atoms with E-state index in [2.05, 4.69) is 15.3 Å². The highest BCUT2D eigenvalue weighted by atomic mass is 35.5. The van der Waals surface area contributed by atoms with Crippen molar-refractivity contribution >= 4 is 46.7 Å². The Labute approximate surface area is 198 Å². The first kappa shape index (κ1) is 23.9. The molecule has 1 aromatic heterocycles. The topological polar surface area (TPSA) is 67.4 Å². The van der Waals surface area contributed by atoms with E-state index in [-0.39, 0.29) is 18.1 Å². The van der Waals surface area contributed by atoms with Crippen LogP contribution in [-0.4, -0.2) is 39.7 Å². The van der Waals surface area contributed by atoms with Crippen LogP contribution in [0.3, 0.4) is 0 Å². The number of hydrogen-bond donors (Lipinski definition) is 1. The second-order valence-electron chi connectivity index (χ2n) is 8.70. The number of rotatable bonds is 4. The van der Waals surface area contributed by atoms with Crippen molar-refractivity contribution in [1.82, 2.24) is 14.9 Å². The summed E-state index contributed by atoms with van der Waals surface area (Å²) >= 11 is 18.7. The number of benzene rings is 1. The van der Waals surface area contributed by atoms with Gasteiger partial charge in [0.15, 0.2) is 0 Å². The van der Waals surface area contributed by atoms with Crippen LogP contribution in [0.5, 0.6) is 0 Å². The normalized spacial score (nSPS) is 16.2. The van der Waals surface area contributed by atoms with Gasteiger partial charge < -0.3 is 15.0 Å². The molecule has 1 amide bonds. The van der Waals surface area contributed by atoms with E-state index in [0.29, 0.717) is 39.8 Å². The lowest BCUT2D eigenvalue weighted by molar-refractivity contribution is 0.0203. The molecule has 1 aromatic carbocycles. The number of carbonyl (C=O) groups is 1. The number of nitrogens with zero attached hydrogens (tertiary/aromatic N) is 3. The molecule has 1 aliphatic heterocycles. The molecule has 31 heavy (non-hydrogen) atoms. The molecule has 2 heterocycles. The highest BCUT2D eigenvalue weighted by Gasteiger charge is 2.29. The molecule has 3 rings (SSSR count). The predicted octanol–water partition coefficient (Wildman–Crippen LogP) is 6.72. The summed E-state index contributed by atoms with van der Waals surface area (Å²) in [6.45, 7) is 8.78. The summed E-state index contributed by atoms with van der Waals surface area (Å²) in [4.78, 5) is 23.1. The summed E-state index contributed by atoms with van der Waals surface area (Å²) in [5.74, 6) is 1.41. The summed E-state index contributed by atoms with van der Waals surface area (Å²) in [5.41, 5.74) is 0.394. The first-order chi connectivity index (χ1) is 14.5. The molecule has 1 saturated heterocycles. The molecule has 0 radical (unpaired) electrons. The van der Waals surface area contributed by atoms with E-state index < -0.39 is 5.60 Å². The van der Waals surface area contributed by atoms with Crippen molar-refractivity contribution in [2.45, 2.75) is 58.1 Å². The van der Waals surface area contributed by atoms with E-state index >= 15 is 0 Å². The van der Waals surface area contributed by atoms with Crippen LogP contribution in [0.15, 0.2) is 24.4 Å². The Morgan fingerprint density at radius 1 is 1.19 bits per heavy atom. The van der Waals surface area contributed by atoms with Crippen LogP contribution < -0.4 is 5.32 Å². The molecular formula is C22H27Cl3N4O2. The number of anilines is 1. The third kappa shape index (κ3) is 6.37. The van der Waals surface area contributed by atoms with Crippen LogP contribution in [0, 0.1) is 0 Å². The van der Waals surface area contributed by atoms with Gasteiger partial charge >= 0.3 is 6.09 Å². The Balaban J connectivity index is 1.67. The van der Waals surface area contributed by atoms with Crippen molar-refractivity contribution in [2.24, 2.45) is 0 Å². The van der Waals surface area contributed by atoms with Crippen molar-refractivity contribution in [2.75, 3.05) is 18.4 Å². The Bertz CT molecular complexity index is 941. The van der Waals surface area contributed by atoms with Gasteiger partial charge in [0.2, 0.25) is 0 Å². The Morgan fingerprint density at radius 3 is 2.48 bits per heavy atom. The molecular weight excluding hydrogens is 459 g/mol. The summed E-state index contributed by atoms with van der Waals surface area (Å²) in [5, 5.41) is 4.92. The fraction of sp³-hybridized carbons (Fsp3) is 0.500. The van der Waals surface area contributed by atoms with E-state index in [1.54, 1.807) is 23.2 Å². The molecule has 0 aliphatic carbocycles. The second kappa shape index (κ2) is 9.80. The Morgan fingerprint density at radius 2 is 1.87 bits per heavy atom. The molecule has 1 atom stereocenters. The number of hydrogen-bond acceptors (Lipinski definition) is 5. The van der Waals surface area contributed by atoms with Gasteiger partial charge in [0.25, 0.3) is 0 Å². The van der Waals surface area contributed by atoms with Crippen LogP contribution in [0.1, 0.15) is 63.9 Å². The van der Waals surface area contributed by atoms with Crippen LogP contribution in [-0.2, 0) is 4.74 Å². The smallest absolute Gasteiger partial charge is 0.410 e. The monoisotopic (exact) mass is 484 g/mol. The number of amides is 1. The fourth-order valence-corrected chi connectivity index (χ4v) is 4.18. The molecule has 9 heteroatoms. The van der Waals surface area contributed by atoms with Gasteiger partial charge in [0, 0.05) is 29.1 Å². The highest BCUT2D eigenvalue weighted by molar-refractivity contribution is 6.35. The summed E-state index contributed by atoms with van der Waals surface area (Å²) < 4.78 is 5.46. The Hall–Kier alpha value is -1.76. The Kier molecular flexibility index (Phi) is 7.55. The number of nitrogens with one attached hydrogen (secondary N) is 1. The number of piperidine rings is 1. The number of halogens is 3. The van der Waals surface area contributed by atoms with Crippen molar-refractivity contribution in [1.29, 1.82) is 0 Å². The van der Waals surface area contributed by atoms with Gasteiger partial charge in [-0.3, -0.25) is 0 Å². The minimum Gasteiger partial charge on any atom is -0.444 e. The minimum absolute atomic E-state index is 0.126. The molecule has 1 unspecified atom stereocenters. The quantitative estimate of drug-likeness (QED) is 0.520. The van der Waals surface area contributed by atoms with Crippen molar-refractivity contribution in [3.63, 3.8) is 0 Å². The first-order valence-corrected chi connectivity index (χ1v) is 11.4. The van der Waals surface area contributed by atoms with E-state index in [1.807, 2.05) is 33.8 Å². The summed E-state index contributed by atoms with van der Waals surface area (Å²) in [7, 11) is 0. The molecule has 168 valence electrons. The number of aromatic nitrogens is 2. The maximum Gasteiger partial charge on any atom is 0.410 e. The fourth-order valence-electron chi connectivity index (χ4n) is 3.46. The minimum atomic E-state index is -0.503. The zero-order chi connectivity index (χ0) is 22.8. The molecule has 0 spiro atoms. The van der Waals surface area contributed by atoms with E-state index in [1.165, 1.54) is 0 Å². The van der Waals surface area contributed by atoms with E-state index in [9.17, 15) is 4.79 Å². The summed E-state index contributed by atoms with van der Waals surface area (Å²) in [6.07, 6.45) is 2.86. The number of carbonyl (C=O) groups excluding carboxylic acids is 1. The summed E-state index contributed by atoms with van der Waals surface area (Å²) in [6, 6.07) is 5.26. The largest absolute Gasteiger partial charge is 0.444 e. The average molecular weight is 486 g/mol. The van der Waals surface area contributed by atoms with E-state index in [4.69, 9.17) is 39.5 Å². The lowest BCUT2D eigenvalue weighted by Gasteiger charge is -2.33. The molecule has 1 fully saturated rings. The van der Waals surface area contributed by atoms with E-state index in [0.717, 1.165) is 18.4 Å². The predicted molar refractivity (Wildman–Crippen MR) is 125 cm³/mol. The first-order valence-electron chi connectivity index (χ1n) is 10.3. The molecule has 6 nitrogen and oxygen atoms in total.